The van der Waals surface area contributed by atoms with E-state index in [4.69, 9.17) is 14.2 Å². The smallest absolute Gasteiger partial charge is 0.305 e. The summed E-state index contributed by atoms with van der Waals surface area (Å²) < 4.78 is 16.7. The summed E-state index contributed by atoms with van der Waals surface area (Å²) in [6.07, 6.45) is 76.1. The normalized spacial score (nSPS) is 17.9. The monoisotopic (exact) mass is 1240 g/mol. The molecule has 1 saturated heterocycles. The van der Waals surface area contributed by atoms with Gasteiger partial charge < -0.3 is 45.1 Å². The van der Waals surface area contributed by atoms with Crippen LogP contribution in [-0.2, 0) is 23.8 Å². The third-order valence-corrected chi connectivity index (χ3v) is 18.2. The van der Waals surface area contributed by atoms with Crippen LogP contribution in [0, 0.1) is 0 Å². The highest BCUT2D eigenvalue weighted by Crippen LogP contribution is 2.24. The van der Waals surface area contributed by atoms with Gasteiger partial charge in [-0.3, -0.25) is 9.59 Å². The van der Waals surface area contributed by atoms with Gasteiger partial charge in [-0.25, -0.2) is 0 Å². The number of nitrogens with one attached hydrogen (secondary N) is 1. The summed E-state index contributed by atoms with van der Waals surface area (Å²) in [5, 5.41) is 54.4. The number of hydrogen-bond donors (Lipinski definition) is 6. The first-order chi connectivity index (χ1) is 43.2. The molecule has 6 N–H and O–H groups in total. The number of aliphatic hydroxyl groups is 5. The molecule has 1 rings (SSSR count). The molecule has 11 nitrogen and oxygen atoms in total. The Hall–Kier alpha value is -2.12. The molecule has 1 aliphatic rings. The van der Waals surface area contributed by atoms with Crippen molar-refractivity contribution in [3.8, 4) is 0 Å². The van der Waals surface area contributed by atoms with Gasteiger partial charge in [-0.05, 0) is 83.5 Å². The van der Waals surface area contributed by atoms with Crippen LogP contribution in [0.25, 0.3) is 0 Å². The molecule has 1 heterocycles. The van der Waals surface area contributed by atoms with Crippen LogP contribution in [0.5, 0.6) is 0 Å². The maximum Gasteiger partial charge on any atom is 0.305 e. The molecular weight excluding hydrogens is 1100 g/mol. The predicted octanol–water partition coefficient (Wildman–Crippen LogP) is 20.1. The van der Waals surface area contributed by atoms with Crippen molar-refractivity contribution in [2.75, 3.05) is 19.8 Å². The van der Waals surface area contributed by atoms with E-state index in [2.05, 4.69) is 43.5 Å². The second-order valence-electron chi connectivity index (χ2n) is 26.7. The average Bonchev–Trinajstić information content (AvgIpc) is 2.84. The first-order valence-corrected chi connectivity index (χ1v) is 38.3. The zero-order valence-corrected chi connectivity index (χ0v) is 57.7. The van der Waals surface area contributed by atoms with E-state index in [1.54, 1.807) is 6.08 Å². The summed E-state index contributed by atoms with van der Waals surface area (Å²) in [4.78, 5) is 25.1. The molecule has 0 bridgehead atoms. The van der Waals surface area contributed by atoms with Gasteiger partial charge in [0.15, 0.2) is 6.29 Å². The summed E-state index contributed by atoms with van der Waals surface area (Å²) in [6, 6.07) is -0.806. The summed E-state index contributed by atoms with van der Waals surface area (Å²) >= 11 is 0. The molecule has 88 heavy (non-hydrogen) atoms. The summed E-state index contributed by atoms with van der Waals surface area (Å²) in [5.41, 5.74) is 0. The van der Waals surface area contributed by atoms with E-state index in [-0.39, 0.29) is 18.5 Å². The second kappa shape index (κ2) is 66.3. The lowest BCUT2D eigenvalue weighted by atomic mass is 9.99. The minimum absolute atomic E-state index is 0.00633. The van der Waals surface area contributed by atoms with E-state index in [9.17, 15) is 35.1 Å². The highest BCUT2D eigenvalue weighted by Gasteiger charge is 2.44. The summed E-state index contributed by atoms with van der Waals surface area (Å²) in [7, 11) is 0. The van der Waals surface area contributed by atoms with E-state index in [0.717, 1.165) is 57.8 Å². The first kappa shape index (κ1) is 83.9. The number of carbonyl (C=O) groups is 2. The van der Waals surface area contributed by atoms with Crippen LogP contribution in [0.15, 0.2) is 36.5 Å². The Morgan fingerprint density at radius 2 is 0.727 bits per heavy atom. The molecule has 0 radical (unpaired) electrons. The third kappa shape index (κ3) is 54.4. The van der Waals surface area contributed by atoms with E-state index in [0.29, 0.717) is 19.4 Å². The van der Waals surface area contributed by atoms with E-state index in [1.807, 2.05) is 6.08 Å². The van der Waals surface area contributed by atoms with Crippen molar-refractivity contribution in [3.05, 3.63) is 36.5 Å². The van der Waals surface area contributed by atoms with Gasteiger partial charge in [0.05, 0.1) is 32.0 Å². The van der Waals surface area contributed by atoms with Crippen LogP contribution in [0.1, 0.15) is 380 Å². The molecule has 7 atom stereocenters. The van der Waals surface area contributed by atoms with Gasteiger partial charge in [0.25, 0.3) is 0 Å². The molecule has 0 aromatic rings. The Balaban J connectivity index is 1.88. The van der Waals surface area contributed by atoms with Crippen LogP contribution >= 0.6 is 0 Å². The zero-order chi connectivity index (χ0) is 63.7. The number of esters is 1. The van der Waals surface area contributed by atoms with Crippen molar-refractivity contribution in [1.29, 1.82) is 0 Å². The van der Waals surface area contributed by atoms with Gasteiger partial charge in [-0.2, -0.15) is 0 Å². The maximum absolute atomic E-state index is 13.0. The van der Waals surface area contributed by atoms with Crippen molar-refractivity contribution in [2.24, 2.45) is 0 Å². The van der Waals surface area contributed by atoms with Crippen LogP contribution < -0.4 is 5.32 Å². The van der Waals surface area contributed by atoms with Gasteiger partial charge in [-0.15, -0.1) is 0 Å². The Labute approximate surface area is 543 Å². The Kier molecular flexibility index (Phi) is 63.2. The van der Waals surface area contributed by atoms with Gasteiger partial charge in [0.1, 0.15) is 24.4 Å². The molecule has 518 valence electrons. The summed E-state index contributed by atoms with van der Waals surface area (Å²) in [6.45, 7) is 4.35. The molecule has 0 spiro atoms. The zero-order valence-electron chi connectivity index (χ0n) is 57.7. The number of hydrogen-bond acceptors (Lipinski definition) is 10. The highest BCUT2D eigenvalue weighted by atomic mass is 16.7. The molecule has 0 aromatic heterocycles. The van der Waals surface area contributed by atoms with Crippen molar-refractivity contribution >= 4 is 11.9 Å². The van der Waals surface area contributed by atoms with Crippen molar-refractivity contribution in [1.82, 2.24) is 5.32 Å². The fourth-order valence-electron chi connectivity index (χ4n) is 12.2. The molecule has 1 aliphatic heterocycles. The van der Waals surface area contributed by atoms with Gasteiger partial charge in [-0.1, -0.05) is 320 Å². The standard InChI is InChI=1S/C77H145NO10/c1-3-5-7-9-11-13-15-41-45-49-53-57-61-65-73(82)86-66-62-58-54-50-46-43-40-38-36-34-32-30-28-26-24-22-20-18-16-17-19-21-23-25-27-29-31-33-35-37-39-42-44-48-52-56-60-64-72(81)78-69(68-87-77-76(85)75(84)74(83)71(67-79)88-77)70(80)63-59-55-51-47-14-12-10-8-6-4-2/h13,15-16,18,59,63,69-71,74-77,79-80,83-85H,3-12,14,17,19-58,60-62,64-68H2,1-2H3,(H,78,81)/b15-13-,18-16-,63-59+. The highest BCUT2D eigenvalue weighted by molar-refractivity contribution is 5.76. The van der Waals surface area contributed by atoms with Crippen molar-refractivity contribution in [2.45, 2.75) is 423 Å². The maximum atomic E-state index is 13.0. The van der Waals surface area contributed by atoms with Crippen LogP contribution in [0.2, 0.25) is 0 Å². The minimum Gasteiger partial charge on any atom is -0.466 e. The number of unbranched alkanes of at least 4 members (excludes halogenated alkanes) is 50. The van der Waals surface area contributed by atoms with Gasteiger partial charge >= 0.3 is 5.97 Å². The van der Waals surface area contributed by atoms with E-state index >= 15 is 0 Å². The van der Waals surface area contributed by atoms with Crippen molar-refractivity contribution < 1.29 is 49.3 Å². The lowest BCUT2D eigenvalue weighted by Gasteiger charge is -2.40. The van der Waals surface area contributed by atoms with E-state index in [1.165, 1.54) is 295 Å². The Morgan fingerprint density at radius 1 is 0.409 bits per heavy atom. The topological polar surface area (TPSA) is 175 Å². The molecule has 0 aromatic carbocycles. The number of ether oxygens (including phenoxy) is 3. The number of amides is 1. The largest absolute Gasteiger partial charge is 0.466 e. The first-order valence-electron chi connectivity index (χ1n) is 38.3. The van der Waals surface area contributed by atoms with Crippen LogP contribution in [0.4, 0.5) is 0 Å². The fraction of sp³-hybridized carbons (Fsp3) is 0.896. The lowest BCUT2D eigenvalue weighted by Crippen LogP contribution is -2.60. The Bertz CT molecular complexity index is 1560. The van der Waals surface area contributed by atoms with Crippen LogP contribution in [-0.4, -0.2) is 100 Å². The number of rotatable bonds is 68. The molecule has 1 amide bonds. The number of carbonyl (C=O) groups excluding carboxylic acids is 2. The fourth-order valence-corrected chi connectivity index (χ4v) is 12.2. The lowest BCUT2D eigenvalue weighted by molar-refractivity contribution is -0.302. The van der Waals surface area contributed by atoms with Gasteiger partial charge in [0, 0.05) is 12.8 Å². The molecular formula is C77H145NO10. The molecule has 7 unspecified atom stereocenters. The molecule has 1 fully saturated rings. The summed E-state index contributed by atoms with van der Waals surface area (Å²) in [5.74, 6) is -0.171. The molecule has 0 saturated carbocycles. The van der Waals surface area contributed by atoms with Crippen LogP contribution in [0.3, 0.4) is 0 Å². The average molecular weight is 1250 g/mol. The van der Waals surface area contributed by atoms with E-state index < -0.39 is 49.5 Å². The number of allylic oxidation sites excluding steroid dienone is 5. The Morgan fingerprint density at radius 3 is 1.10 bits per heavy atom. The molecule has 11 heteroatoms. The third-order valence-electron chi connectivity index (χ3n) is 18.2. The SMILES string of the molecule is CCCCCC/C=C\CCCCCCCC(=O)OCCCCCCCCCCCCCCCCCC/C=C\CCCCCCCCCCCCCCCCCCCC(=O)NC(COC1OC(CO)C(O)C(O)C1O)C(O)/C=C/CCCCCCCCCC. The predicted molar refractivity (Wildman–Crippen MR) is 371 cm³/mol. The van der Waals surface area contributed by atoms with Crippen molar-refractivity contribution in [3.63, 3.8) is 0 Å². The second-order valence-corrected chi connectivity index (χ2v) is 26.7. The van der Waals surface area contributed by atoms with Gasteiger partial charge in [0.2, 0.25) is 5.91 Å². The quantitative estimate of drug-likeness (QED) is 0.0195. The minimum atomic E-state index is -1.57. The number of aliphatic hydroxyl groups excluding tert-OH is 5. The molecule has 0 aliphatic carbocycles.